The number of ether oxygens (including phenoxy) is 1. The standard InChI is InChI=1S/C12H9BrN2O3/c13-10-6-9(7-11(12(10)14)15(16)17)18-8-4-2-1-3-5-8/h1-7H,14H2. The lowest BCUT2D eigenvalue weighted by Gasteiger charge is -2.07. The first-order valence-corrected chi connectivity index (χ1v) is 5.83. The maximum atomic E-state index is 10.8. The van der Waals surface area contributed by atoms with Crippen LogP contribution in [0, 0.1) is 10.1 Å². The minimum absolute atomic E-state index is 0.0837. The van der Waals surface area contributed by atoms with Crippen molar-refractivity contribution >= 4 is 27.3 Å². The highest BCUT2D eigenvalue weighted by atomic mass is 79.9. The first kappa shape index (κ1) is 12.4. The van der Waals surface area contributed by atoms with Gasteiger partial charge in [-0.25, -0.2) is 0 Å². The summed E-state index contributed by atoms with van der Waals surface area (Å²) in [5, 5.41) is 10.8. The van der Waals surface area contributed by atoms with Gasteiger partial charge in [-0.05, 0) is 34.1 Å². The predicted molar refractivity (Wildman–Crippen MR) is 71.7 cm³/mol. The number of benzene rings is 2. The van der Waals surface area contributed by atoms with E-state index in [-0.39, 0.29) is 11.4 Å². The molecule has 2 aromatic rings. The molecule has 0 aliphatic carbocycles. The molecule has 0 spiro atoms. The molecule has 0 saturated carbocycles. The number of rotatable bonds is 3. The van der Waals surface area contributed by atoms with Gasteiger partial charge in [-0.2, -0.15) is 0 Å². The summed E-state index contributed by atoms with van der Waals surface area (Å²) in [6, 6.07) is 11.9. The number of halogens is 1. The van der Waals surface area contributed by atoms with Crippen molar-refractivity contribution in [2.24, 2.45) is 0 Å². The third kappa shape index (κ3) is 2.60. The summed E-state index contributed by atoms with van der Waals surface area (Å²) in [4.78, 5) is 10.3. The number of hydrogen-bond donors (Lipinski definition) is 1. The number of nitro groups is 1. The van der Waals surface area contributed by atoms with Crippen molar-refractivity contribution in [2.45, 2.75) is 0 Å². The molecule has 2 aromatic carbocycles. The summed E-state index contributed by atoms with van der Waals surface area (Å²) in [7, 11) is 0. The molecule has 0 unspecified atom stereocenters. The molecule has 0 radical (unpaired) electrons. The smallest absolute Gasteiger partial charge is 0.297 e. The van der Waals surface area contributed by atoms with Gasteiger partial charge >= 0.3 is 0 Å². The van der Waals surface area contributed by atoms with Crippen LogP contribution in [0.4, 0.5) is 11.4 Å². The van der Waals surface area contributed by atoms with Crippen molar-refractivity contribution in [1.29, 1.82) is 0 Å². The SMILES string of the molecule is Nc1c(Br)cc(Oc2ccccc2)cc1[N+](=O)[O-]. The van der Waals surface area contributed by atoms with E-state index in [9.17, 15) is 10.1 Å². The quantitative estimate of drug-likeness (QED) is 0.532. The number of nitro benzene ring substituents is 1. The Labute approximate surface area is 111 Å². The molecule has 2 rings (SSSR count). The zero-order chi connectivity index (χ0) is 13.1. The molecule has 0 amide bonds. The van der Waals surface area contributed by atoms with Crippen LogP contribution in [0.5, 0.6) is 11.5 Å². The van der Waals surface area contributed by atoms with E-state index >= 15 is 0 Å². The maximum absolute atomic E-state index is 10.8. The number of nitrogens with two attached hydrogens (primary N) is 1. The molecule has 18 heavy (non-hydrogen) atoms. The summed E-state index contributed by atoms with van der Waals surface area (Å²) < 4.78 is 5.95. The fourth-order valence-electron chi connectivity index (χ4n) is 1.41. The lowest BCUT2D eigenvalue weighted by molar-refractivity contribution is -0.384. The number of hydrogen-bond acceptors (Lipinski definition) is 4. The van der Waals surface area contributed by atoms with Crippen LogP contribution in [-0.2, 0) is 0 Å². The highest BCUT2D eigenvalue weighted by Crippen LogP contribution is 2.36. The molecule has 0 bridgehead atoms. The Kier molecular flexibility index (Phi) is 3.47. The Morgan fingerprint density at radius 1 is 1.17 bits per heavy atom. The molecule has 0 aliphatic heterocycles. The van der Waals surface area contributed by atoms with Crippen molar-refractivity contribution < 1.29 is 9.66 Å². The monoisotopic (exact) mass is 308 g/mol. The zero-order valence-electron chi connectivity index (χ0n) is 9.17. The van der Waals surface area contributed by atoms with Crippen molar-refractivity contribution in [3.8, 4) is 11.5 Å². The first-order chi connectivity index (χ1) is 8.58. The van der Waals surface area contributed by atoms with Crippen LogP contribution >= 0.6 is 15.9 Å². The van der Waals surface area contributed by atoms with E-state index in [1.54, 1.807) is 18.2 Å². The number of nitrogen functional groups attached to an aromatic ring is 1. The molecular formula is C12H9BrN2O3. The molecule has 0 fully saturated rings. The van der Waals surface area contributed by atoms with E-state index in [1.807, 2.05) is 18.2 Å². The normalized spacial score (nSPS) is 10.1. The Bertz CT molecular complexity index is 587. The lowest BCUT2D eigenvalue weighted by atomic mass is 10.2. The van der Waals surface area contributed by atoms with Crippen LogP contribution < -0.4 is 10.5 Å². The highest BCUT2D eigenvalue weighted by molar-refractivity contribution is 9.10. The predicted octanol–water partition coefficient (Wildman–Crippen LogP) is 3.73. The number of nitrogens with zero attached hydrogens (tertiary/aromatic N) is 1. The fraction of sp³-hybridized carbons (Fsp3) is 0. The van der Waals surface area contributed by atoms with Crippen LogP contribution in [0.1, 0.15) is 0 Å². The Morgan fingerprint density at radius 2 is 1.83 bits per heavy atom. The van der Waals surface area contributed by atoms with Gasteiger partial charge < -0.3 is 10.5 Å². The largest absolute Gasteiger partial charge is 0.457 e. The average molecular weight is 309 g/mol. The summed E-state index contributed by atoms with van der Waals surface area (Å²) in [6.07, 6.45) is 0. The van der Waals surface area contributed by atoms with Gasteiger partial charge in [-0.1, -0.05) is 18.2 Å². The molecule has 0 saturated heterocycles. The molecule has 0 heterocycles. The first-order valence-electron chi connectivity index (χ1n) is 5.04. The summed E-state index contributed by atoms with van der Waals surface area (Å²) in [6.45, 7) is 0. The molecule has 92 valence electrons. The summed E-state index contributed by atoms with van der Waals surface area (Å²) in [5.41, 5.74) is 5.50. The Balaban J connectivity index is 2.38. The Hall–Kier alpha value is -2.08. The van der Waals surface area contributed by atoms with Gasteiger partial charge in [0, 0.05) is 0 Å². The van der Waals surface area contributed by atoms with E-state index < -0.39 is 4.92 Å². The molecule has 0 atom stereocenters. The fourth-order valence-corrected chi connectivity index (χ4v) is 1.84. The average Bonchev–Trinajstić information content (AvgIpc) is 2.34. The summed E-state index contributed by atoms with van der Waals surface area (Å²) >= 11 is 3.17. The van der Waals surface area contributed by atoms with Gasteiger partial charge in [0.1, 0.15) is 17.2 Å². The van der Waals surface area contributed by atoms with E-state index in [1.165, 1.54) is 6.07 Å². The molecule has 0 aliphatic rings. The number of para-hydroxylation sites is 1. The summed E-state index contributed by atoms with van der Waals surface area (Å²) in [5.74, 6) is 0.956. The second kappa shape index (κ2) is 5.05. The van der Waals surface area contributed by atoms with E-state index in [0.717, 1.165) is 0 Å². The minimum Gasteiger partial charge on any atom is -0.457 e. The topological polar surface area (TPSA) is 78.4 Å². The molecule has 2 N–H and O–H groups in total. The molecule has 0 aromatic heterocycles. The van der Waals surface area contributed by atoms with Crippen LogP contribution in [0.2, 0.25) is 0 Å². The van der Waals surface area contributed by atoms with Gasteiger partial charge in [-0.3, -0.25) is 10.1 Å². The van der Waals surface area contributed by atoms with Gasteiger partial charge in [0.2, 0.25) is 0 Å². The Morgan fingerprint density at radius 3 is 2.44 bits per heavy atom. The zero-order valence-corrected chi connectivity index (χ0v) is 10.8. The second-order valence-electron chi connectivity index (χ2n) is 3.51. The van der Waals surface area contributed by atoms with E-state index in [2.05, 4.69) is 15.9 Å². The van der Waals surface area contributed by atoms with Gasteiger partial charge in [-0.15, -0.1) is 0 Å². The molecule has 5 nitrogen and oxygen atoms in total. The van der Waals surface area contributed by atoms with Crippen LogP contribution in [-0.4, -0.2) is 4.92 Å². The van der Waals surface area contributed by atoms with Crippen molar-refractivity contribution in [1.82, 2.24) is 0 Å². The van der Waals surface area contributed by atoms with E-state index in [0.29, 0.717) is 16.0 Å². The second-order valence-corrected chi connectivity index (χ2v) is 4.36. The minimum atomic E-state index is -0.544. The number of anilines is 1. The van der Waals surface area contributed by atoms with Gasteiger partial charge in [0.05, 0.1) is 15.5 Å². The van der Waals surface area contributed by atoms with Crippen LogP contribution in [0.3, 0.4) is 0 Å². The van der Waals surface area contributed by atoms with Gasteiger partial charge in [0.25, 0.3) is 5.69 Å². The van der Waals surface area contributed by atoms with Crippen molar-refractivity contribution in [2.75, 3.05) is 5.73 Å². The lowest BCUT2D eigenvalue weighted by Crippen LogP contribution is -1.97. The van der Waals surface area contributed by atoms with Crippen molar-refractivity contribution in [3.05, 3.63) is 57.1 Å². The highest BCUT2D eigenvalue weighted by Gasteiger charge is 2.16. The molecule has 6 heteroatoms. The van der Waals surface area contributed by atoms with Gasteiger partial charge in [0.15, 0.2) is 0 Å². The molecular weight excluding hydrogens is 300 g/mol. The van der Waals surface area contributed by atoms with E-state index in [4.69, 9.17) is 10.5 Å². The van der Waals surface area contributed by atoms with Crippen LogP contribution in [0.15, 0.2) is 46.9 Å². The third-order valence-corrected chi connectivity index (χ3v) is 2.91. The van der Waals surface area contributed by atoms with Crippen LogP contribution in [0.25, 0.3) is 0 Å². The maximum Gasteiger partial charge on any atom is 0.297 e. The third-order valence-electron chi connectivity index (χ3n) is 2.26. The van der Waals surface area contributed by atoms with Crippen molar-refractivity contribution in [3.63, 3.8) is 0 Å².